The van der Waals surface area contributed by atoms with Crippen LogP contribution < -0.4 is 5.32 Å². The maximum Gasteiger partial charge on any atom is 0.317 e. The van der Waals surface area contributed by atoms with Gasteiger partial charge in [-0.05, 0) is 26.3 Å². The molecule has 5 heteroatoms. The first-order chi connectivity index (χ1) is 11.0. The molecular weight excluding hydrogens is 292 g/mol. The summed E-state index contributed by atoms with van der Waals surface area (Å²) in [5.41, 5.74) is 3.58. The molecular formula is C18H26N2O3. The van der Waals surface area contributed by atoms with Gasteiger partial charge in [-0.15, -0.1) is 0 Å². The van der Waals surface area contributed by atoms with Gasteiger partial charge in [0.1, 0.15) is 0 Å². The maximum atomic E-state index is 12.5. The van der Waals surface area contributed by atoms with Gasteiger partial charge in [-0.2, -0.15) is 0 Å². The Kier molecular flexibility index (Phi) is 4.60. The molecule has 2 heterocycles. The predicted molar refractivity (Wildman–Crippen MR) is 88.3 cm³/mol. The van der Waals surface area contributed by atoms with Gasteiger partial charge in [-0.25, -0.2) is 4.79 Å². The van der Waals surface area contributed by atoms with Crippen molar-refractivity contribution < 1.29 is 14.3 Å². The van der Waals surface area contributed by atoms with Crippen molar-refractivity contribution in [2.45, 2.75) is 45.4 Å². The van der Waals surface area contributed by atoms with Crippen LogP contribution in [0, 0.1) is 13.8 Å². The number of aryl methyl sites for hydroxylation is 2. The molecule has 2 saturated heterocycles. The van der Waals surface area contributed by atoms with E-state index in [-0.39, 0.29) is 12.1 Å². The van der Waals surface area contributed by atoms with Crippen molar-refractivity contribution in [1.29, 1.82) is 0 Å². The molecule has 1 spiro atoms. The normalized spacial score (nSPS) is 21.4. The maximum absolute atomic E-state index is 12.5. The van der Waals surface area contributed by atoms with E-state index in [9.17, 15) is 4.79 Å². The summed E-state index contributed by atoms with van der Waals surface area (Å²) in [5.74, 6) is -0.434. The Bertz CT molecular complexity index is 551. The molecule has 1 atom stereocenters. The molecule has 5 nitrogen and oxygen atoms in total. The van der Waals surface area contributed by atoms with Gasteiger partial charge in [0.25, 0.3) is 0 Å². The van der Waals surface area contributed by atoms with Crippen molar-refractivity contribution in [1.82, 2.24) is 10.2 Å². The Hall–Kier alpha value is -1.59. The minimum atomic E-state index is -0.434. The predicted octanol–water partition coefficient (Wildman–Crippen LogP) is 2.91. The first kappa shape index (κ1) is 16.3. The lowest BCUT2D eigenvalue weighted by Crippen LogP contribution is -2.50. The molecule has 0 aliphatic carbocycles. The third-order valence-corrected chi connectivity index (χ3v) is 4.71. The van der Waals surface area contributed by atoms with Crippen LogP contribution in [0.5, 0.6) is 0 Å². The molecule has 126 valence electrons. The first-order valence-corrected chi connectivity index (χ1v) is 8.39. The van der Waals surface area contributed by atoms with Crippen LogP contribution in [0.2, 0.25) is 0 Å². The Labute approximate surface area is 137 Å². The third kappa shape index (κ3) is 3.67. The number of nitrogens with zero attached hydrogens (tertiary/aromatic N) is 1. The second kappa shape index (κ2) is 6.49. The van der Waals surface area contributed by atoms with Crippen LogP contribution in [0.1, 0.15) is 42.5 Å². The SMILES string of the molecule is Cc1cc(C)cc([C@@H](C)NC(=O)N2CCC3(CC2)OCCO3)c1. The van der Waals surface area contributed by atoms with Crippen LogP contribution in [0.4, 0.5) is 4.79 Å². The number of benzene rings is 1. The standard InChI is InChI=1S/C18H26N2O3/c1-13-10-14(2)12-16(11-13)15(3)19-17(21)20-6-4-18(5-7-20)22-8-9-23-18/h10-12,15H,4-9H2,1-3H3,(H,19,21)/t15-/m1/s1. The molecule has 0 aromatic heterocycles. The van der Waals surface area contributed by atoms with Crippen molar-refractivity contribution in [3.05, 3.63) is 34.9 Å². The zero-order chi connectivity index (χ0) is 16.4. The molecule has 2 aliphatic heterocycles. The average Bonchev–Trinajstić information content (AvgIpc) is 2.95. The summed E-state index contributed by atoms with van der Waals surface area (Å²) in [6.45, 7) is 8.86. The van der Waals surface area contributed by atoms with Gasteiger partial charge in [0.2, 0.25) is 0 Å². The zero-order valence-corrected chi connectivity index (χ0v) is 14.2. The van der Waals surface area contributed by atoms with Gasteiger partial charge in [0.15, 0.2) is 5.79 Å². The van der Waals surface area contributed by atoms with Crippen LogP contribution in [0.3, 0.4) is 0 Å². The molecule has 2 amide bonds. The molecule has 0 saturated carbocycles. The van der Waals surface area contributed by atoms with E-state index < -0.39 is 5.79 Å². The van der Waals surface area contributed by atoms with Gasteiger partial charge in [-0.1, -0.05) is 29.3 Å². The number of nitrogens with one attached hydrogen (secondary N) is 1. The molecule has 3 rings (SSSR count). The Balaban J connectivity index is 1.56. The molecule has 1 aromatic carbocycles. The van der Waals surface area contributed by atoms with Crippen molar-refractivity contribution in [3.8, 4) is 0 Å². The lowest BCUT2D eigenvalue weighted by atomic mass is 10.0. The van der Waals surface area contributed by atoms with Gasteiger partial charge in [-0.3, -0.25) is 0 Å². The second-order valence-electron chi connectivity index (χ2n) is 6.69. The van der Waals surface area contributed by atoms with E-state index in [1.165, 1.54) is 11.1 Å². The fourth-order valence-electron chi connectivity index (χ4n) is 3.46. The van der Waals surface area contributed by atoms with E-state index in [1.807, 2.05) is 11.8 Å². The summed E-state index contributed by atoms with van der Waals surface area (Å²) in [7, 11) is 0. The molecule has 2 fully saturated rings. The number of carbonyl (C=O) groups excluding carboxylic acids is 1. The number of carbonyl (C=O) groups is 1. The molecule has 0 unspecified atom stereocenters. The molecule has 2 aliphatic rings. The van der Waals surface area contributed by atoms with Crippen LogP contribution in [0.25, 0.3) is 0 Å². The van der Waals surface area contributed by atoms with Gasteiger partial charge >= 0.3 is 6.03 Å². The monoisotopic (exact) mass is 318 g/mol. The van der Waals surface area contributed by atoms with Crippen molar-refractivity contribution in [2.75, 3.05) is 26.3 Å². The van der Waals surface area contributed by atoms with E-state index in [1.54, 1.807) is 0 Å². The van der Waals surface area contributed by atoms with E-state index in [0.29, 0.717) is 26.3 Å². The van der Waals surface area contributed by atoms with Gasteiger partial charge < -0.3 is 19.7 Å². The second-order valence-corrected chi connectivity index (χ2v) is 6.69. The number of hydrogen-bond donors (Lipinski definition) is 1. The van der Waals surface area contributed by atoms with E-state index >= 15 is 0 Å². The van der Waals surface area contributed by atoms with Gasteiger partial charge in [0.05, 0.1) is 19.3 Å². The van der Waals surface area contributed by atoms with Crippen LogP contribution in [-0.4, -0.2) is 43.0 Å². The molecule has 0 bridgehead atoms. The number of amides is 2. The quantitative estimate of drug-likeness (QED) is 0.912. The molecule has 1 aromatic rings. The van der Waals surface area contributed by atoms with Crippen LogP contribution in [-0.2, 0) is 9.47 Å². The minimum absolute atomic E-state index is 0.00373. The summed E-state index contributed by atoms with van der Waals surface area (Å²) < 4.78 is 11.4. The molecule has 1 N–H and O–H groups in total. The van der Waals surface area contributed by atoms with Crippen LogP contribution in [0.15, 0.2) is 18.2 Å². The lowest BCUT2D eigenvalue weighted by Gasteiger charge is -2.37. The number of piperidine rings is 1. The van der Waals surface area contributed by atoms with E-state index in [2.05, 4.69) is 37.4 Å². The van der Waals surface area contributed by atoms with Gasteiger partial charge in [0, 0.05) is 25.9 Å². The van der Waals surface area contributed by atoms with E-state index in [4.69, 9.17) is 9.47 Å². The smallest absolute Gasteiger partial charge is 0.317 e. The summed E-state index contributed by atoms with van der Waals surface area (Å²) in [6, 6.07) is 6.39. The zero-order valence-electron chi connectivity index (χ0n) is 14.2. The van der Waals surface area contributed by atoms with Crippen molar-refractivity contribution >= 4 is 6.03 Å². The Morgan fingerprint density at radius 2 is 1.70 bits per heavy atom. The Morgan fingerprint density at radius 3 is 2.26 bits per heavy atom. The number of likely N-dealkylation sites (tertiary alicyclic amines) is 1. The number of hydrogen-bond acceptors (Lipinski definition) is 3. The highest BCUT2D eigenvalue weighted by Gasteiger charge is 2.40. The number of urea groups is 1. The topological polar surface area (TPSA) is 50.8 Å². The summed E-state index contributed by atoms with van der Waals surface area (Å²) in [4.78, 5) is 14.3. The molecule has 0 radical (unpaired) electrons. The highest BCUT2D eigenvalue weighted by Crippen LogP contribution is 2.31. The fourth-order valence-corrected chi connectivity index (χ4v) is 3.46. The summed E-state index contributed by atoms with van der Waals surface area (Å²) >= 11 is 0. The summed E-state index contributed by atoms with van der Waals surface area (Å²) in [5, 5.41) is 3.10. The average molecular weight is 318 g/mol. The Morgan fingerprint density at radius 1 is 1.13 bits per heavy atom. The highest BCUT2D eigenvalue weighted by atomic mass is 16.7. The lowest BCUT2D eigenvalue weighted by molar-refractivity contribution is -0.181. The first-order valence-electron chi connectivity index (χ1n) is 8.39. The fraction of sp³-hybridized carbons (Fsp3) is 0.611. The van der Waals surface area contributed by atoms with Crippen molar-refractivity contribution in [2.24, 2.45) is 0 Å². The van der Waals surface area contributed by atoms with Crippen LogP contribution >= 0.6 is 0 Å². The highest BCUT2D eigenvalue weighted by molar-refractivity contribution is 5.74. The number of rotatable bonds is 2. The minimum Gasteiger partial charge on any atom is -0.347 e. The van der Waals surface area contributed by atoms with Crippen molar-refractivity contribution in [3.63, 3.8) is 0 Å². The molecule has 23 heavy (non-hydrogen) atoms. The largest absolute Gasteiger partial charge is 0.347 e. The number of ether oxygens (including phenoxy) is 2. The third-order valence-electron chi connectivity index (χ3n) is 4.71. The van der Waals surface area contributed by atoms with E-state index in [0.717, 1.165) is 18.4 Å². The summed E-state index contributed by atoms with van der Waals surface area (Å²) in [6.07, 6.45) is 1.50.